The molecule has 1 unspecified atom stereocenters. The van der Waals surface area contributed by atoms with Gasteiger partial charge in [-0.15, -0.1) is 0 Å². The van der Waals surface area contributed by atoms with E-state index in [1.165, 1.54) is 0 Å². The minimum Gasteiger partial charge on any atom is -0.441 e. The first kappa shape index (κ1) is 20.9. The first-order chi connectivity index (χ1) is 14.0. The van der Waals surface area contributed by atoms with Gasteiger partial charge < -0.3 is 9.64 Å². The number of benzene rings is 3. The molecule has 0 aliphatic heterocycles. The van der Waals surface area contributed by atoms with Crippen molar-refractivity contribution in [3.63, 3.8) is 0 Å². The van der Waals surface area contributed by atoms with Crippen molar-refractivity contribution in [2.24, 2.45) is 0 Å². The lowest BCUT2D eigenvalue weighted by Gasteiger charge is -2.21. The quantitative estimate of drug-likeness (QED) is 0.502. The van der Waals surface area contributed by atoms with E-state index in [2.05, 4.69) is 22.3 Å². The van der Waals surface area contributed by atoms with Crippen LogP contribution in [0.2, 0.25) is 5.02 Å². The average molecular weight is 409 g/mol. The summed E-state index contributed by atoms with van der Waals surface area (Å²) in [6.45, 7) is 0.798. The number of rotatable bonds is 7. The predicted molar refractivity (Wildman–Crippen MR) is 119 cm³/mol. The number of carbonyl (C=O) groups is 1. The largest absolute Gasteiger partial charge is 0.441 e. The zero-order valence-electron chi connectivity index (χ0n) is 16.6. The van der Waals surface area contributed by atoms with Crippen LogP contribution in [0.25, 0.3) is 11.1 Å². The number of amides is 1. The number of carbonyl (C=O) groups excluding carboxylic acids is 1. The summed E-state index contributed by atoms with van der Waals surface area (Å²) < 4.78 is 5.73. The van der Waals surface area contributed by atoms with Crippen molar-refractivity contribution < 1.29 is 9.53 Å². The molecule has 0 spiro atoms. The first-order valence-electron chi connectivity index (χ1n) is 9.54. The van der Waals surface area contributed by atoms with Crippen molar-refractivity contribution in [1.29, 1.82) is 0 Å². The lowest BCUT2D eigenvalue weighted by molar-refractivity contribution is 0.1000. The van der Waals surface area contributed by atoms with Crippen LogP contribution in [0, 0.1) is 0 Å². The molecule has 150 valence electrons. The van der Waals surface area contributed by atoms with E-state index in [1.807, 2.05) is 80.8 Å². The number of hydrogen-bond donors (Lipinski definition) is 1. The molecule has 0 fully saturated rings. The Morgan fingerprint density at radius 3 is 2.17 bits per heavy atom. The molecule has 0 bridgehead atoms. The Morgan fingerprint density at radius 1 is 0.931 bits per heavy atom. The number of nitrogens with zero attached hydrogens (tertiary/aromatic N) is 1. The molecule has 1 amide bonds. The highest BCUT2D eigenvalue weighted by Crippen LogP contribution is 2.25. The van der Waals surface area contributed by atoms with E-state index in [0.717, 1.165) is 23.2 Å². The van der Waals surface area contributed by atoms with E-state index in [9.17, 15) is 4.79 Å². The highest BCUT2D eigenvalue weighted by molar-refractivity contribution is 6.30. The van der Waals surface area contributed by atoms with Crippen LogP contribution in [0.3, 0.4) is 0 Å². The third kappa shape index (κ3) is 6.34. The Labute approximate surface area is 177 Å². The maximum atomic E-state index is 12.5. The highest BCUT2D eigenvalue weighted by Gasteiger charge is 2.17. The zero-order valence-corrected chi connectivity index (χ0v) is 17.4. The van der Waals surface area contributed by atoms with E-state index in [-0.39, 0.29) is 6.10 Å². The molecule has 5 heteroatoms. The lowest BCUT2D eigenvalue weighted by Crippen LogP contribution is -2.21. The summed E-state index contributed by atoms with van der Waals surface area (Å²) in [5.41, 5.74) is 3.84. The molecule has 4 nitrogen and oxygen atoms in total. The Kier molecular flexibility index (Phi) is 7.28. The minimum absolute atomic E-state index is 0.349. The van der Waals surface area contributed by atoms with Gasteiger partial charge in [-0.3, -0.25) is 5.32 Å². The topological polar surface area (TPSA) is 41.6 Å². The first-order valence-corrected chi connectivity index (χ1v) is 9.92. The summed E-state index contributed by atoms with van der Waals surface area (Å²) in [4.78, 5) is 14.6. The standard InChI is InChI=1S/C24H25ClN2O2/c1-27(2)17-16-23(20-8-12-21(25)13-9-20)29-24(28)26-22-14-10-19(11-15-22)18-6-4-3-5-7-18/h3-15,23H,16-17H2,1-2H3,(H,26,28). The van der Waals surface area contributed by atoms with Crippen LogP contribution in [0.4, 0.5) is 10.5 Å². The van der Waals surface area contributed by atoms with E-state index in [0.29, 0.717) is 17.1 Å². The molecule has 3 aromatic rings. The van der Waals surface area contributed by atoms with Gasteiger partial charge in [-0.05, 0) is 55.1 Å². The number of anilines is 1. The number of ether oxygens (including phenoxy) is 1. The molecule has 3 rings (SSSR count). The van der Waals surface area contributed by atoms with Gasteiger partial charge in [-0.2, -0.15) is 0 Å². The molecule has 0 radical (unpaired) electrons. The highest BCUT2D eigenvalue weighted by atomic mass is 35.5. The van der Waals surface area contributed by atoms with Crippen molar-refractivity contribution in [1.82, 2.24) is 4.90 Å². The van der Waals surface area contributed by atoms with Gasteiger partial charge in [-0.1, -0.05) is 66.2 Å². The predicted octanol–water partition coefficient (Wildman–Crippen LogP) is 6.25. The van der Waals surface area contributed by atoms with Gasteiger partial charge in [-0.25, -0.2) is 4.79 Å². The molecular weight excluding hydrogens is 384 g/mol. The monoisotopic (exact) mass is 408 g/mol. The van der Waals surface area contributed by atoms with Gasteiger partial charge in [0.15, 0.2) is 0 Å². The van der Waals surface area contributed by atoms with E-state index < -0.39 is 6.09 Å². The van der Waals surface area contributed by atoms with Crippen LogP contribution in [0.15, 0.2) is 78.9 Å². The smallest absolute Gasteiger partial charge is 0.412 e. The molecular formula is C24H25ClN2O2. The molecule has 0 aromatic heterocycles. The maximum Gasteiger partial charge on any atom is 0.412 e. The van der Waals surface area contributed by atoms with Crippen LogP contribution in [-0.2, 0) is 4.74 Å². The molecule has 29 heavy (non-hydrogen) atoms. The summed E-state index contributed by atoms with van der Waals surface area (Å²) in [5.74, 6) is 0. The van der Waals surface area contributed by atoms with Crippen molar-refractivity contribution in [2.75, 3.05) is 26.0 Å². The van der Waals surface area contributed by atoms with Crippen molar-refractivity contribution >= 4 is 23.4 Å². The summed E-state index contributed by atoms with van der Waals surface area (Å²) in [6.07, 6.45) is -0.135. The van der Waals surface area contributed by atoms with Gasteiger partial charge in [0, 0.05) is 23.7 Å². The molecule has 0 aliphatic carbocycles. The Hall–Kier alpha value is -2.82. The van der Waals surface area contributed by atoms with Gasteiger partial charge in [0.25, 0.3) is 0 Å². The Morgan fingerprint density at radius 2 is 1.55 bits per heavy atom. The average Bonchev–Trinajstić information content (AvgIpc) is 2.73. The van der Waals surface area contributed by atoms with E-state index in [1.54, 1.807) is 0 Å². The summed E-state index contributed by atoms with van der Waals surface area (Å²) >= 11 is 5.99. The normalized spacial score (nSPS) is 11.9. The van der Waals surface area contributed by atoms with Gasteiger partial charge in [0.05, 0.1) is 0 Å². The molecule has 1 N–H and O–H groups in total. The minimum atomic E-state index is -0.476. The summed E-state index contributed by atoms with van der Waals surface area (Å²) in [5, 5.41) is 3.47. The van der Waals surface area contributed by atoms with Crippen LogP contribution in [0.1, 0.15) is 18.1 Å². The lowest BCUT2D eigenvalue weighted by atomic mass is 10.1. The molecule has 0 aliphatic rings. The zero-order chi connectivity index (χ0) is 20.6. The van der Waals surface area contributed by atoms with Crippen molar-refractivity contribution in [3.8, 4) is 11.1 Å². The van der Waals surface area contributed by atoms with E-state index >= 15 is 0 Å². The molecule has 0 saturated carbocycles. The third-order valence-corrected chi connectivity index (χ3v) is 4.82. The third-order valence-electron chi connectivity index (χ3n) is 4.57. The molecule has 0 heterocycles. The number of halogens is 1. The Bertz CT molecular complexity index is 910. The second-order valence-corrected chi connectivity index (χ2v) is 7.54. The van der Waals surface area contributed by atoms with Crippen LogP contribution < -0.4 is 5.32 Å². The molecule has 3 aromatic carbocycles. The van der Waals surface area contributed by atoms with Gasteiger partial charge >= 0.3 is 6.09 Å². The van der Waals surface area contributed by atoms with Gasteiger partial charge in [0.1, 0.15) is 6.10 Å². The van der Waals surface area contributed by atoms with Crippen molar-refractivity contribution in [2.45, 2.75) is 12.5 Å². The number of hydrogen-bond acceptors (Lipinski definition) is 3. The van der Waals surface area contributed by atoms with Gasteiger partial charge in [0.2, 0.25) is 0 Å². The fourth-order valence-electron chi connectivity index (χ4n) is 3.00. The fourth-order valence-corrected chi connectivity index (χ4v) is 3.13. The van der Waals surface area contributed by atoms with Crippen molar-refractivity contribution in [3.05, 3.63) is 89.4 Å². The fraction of sp³-hybridized carbons (Fsp3) is 0.208. The molecule has 1 atom stereocenters. The van der Waals surface area contributed by atoms with Crippen LogP contribution in [0.5, 0.6) is 0 Å². The Balaban J connectivity index is 1.65. The van der Waals surface area contributed by atoms with Crippen LogP contribution in [-0.4, -0.2) is 31.6 Å². The van der Waals surface area contributed by atoms with Crippen LogP contribution >= 0.6 is 11.6 Å². The second kappa shape index (κ2) is 10.1. The summed E-state index contributed by atoms with van der Waals surface area (Å²) in [7, 11) is 3.99. The van der Waals surface area contributed by atoms with E-state index in [4.69, 9.17) is 16.3 Å². The summed E-state index contributed by atoms with van der Waals surface area (Å²) in [6, 6.07) is 25.2. The SMILES string of the molecule is CN(C)CCC(OC(=O)Nc1ccc(-c2ccccc2)cc1)c1ccc(Cl)cc1. The second-order valence-electron chi connectivity index (χ2n) is 7.11. The molecule has 0 saturated heterocycles. The maximum absolute atomic E-state index is 12.5. The number of nitrogens with one attached hydrogen (secondary N) is 1.